The molecule has 158 valence electrons. The van der Waals surface area contributed by atoms with Crippen molar-refractivity contribution in [3.8, 4) is 0 Å². The van der Waals surface area contributed by atoms with Gasteiger partial charge in [0.05, 0.1) is 19.8 Å². The van der Waals surface area contributed by atoms with Gasteiger partial charge in [-0.05, 0) is 59.0 Å². The quantitative estimate of drug-likeness (QED) is 0.349. The summed E-state index contributed by atoms with van der Waals surface area (Å²) in [5.74, 6) is 1.91. The fourth-order valence-corrected chi connectivity index (χ4v) is 4.65. The predicted molar refractivity (Wildman–Crippen MR) is 123 cm³/mol. The van der Waals surface area contributed by atoms with Gasteiger partial charge in [0.15, 0.2) is 5.96 Å². The Morgan fingerprint density at radius 1 is 1.22 bits per heavy atom. The topological polar surface area (TPSA) is 43.3 Å². The number of morpholine rings is 1. The molecule has 0 saturated carbocycles. The number of likely N-dealkylation sites (tertiary alicyclic amines) is 2. The second-order valence-electron chi connectivity index (χ2n) is 8.31. The zero-order chi connectivity index (χ0) is 18.4. The molecule has 0 radical (unpaired) electrons. The molecule has 27 heavy (non-hydrogen) atoms. The average molecular weight is 493 g/mol. The van der Waals surface area contributed by atoms with Crippen LogP contribution in [0.2, 0.25) is 0 Å². The van der Waals surface area contributed by atoms with Crippen LogP contribution in [-0.4, -0.2) is 98.3 Å². The van der Waals surface area contributed by atoms with E-state index in [-0.39, 0.29) is 24.0 Å². The molecule has 0 aromatic carbocycles. The van der Waals surface area contributed by atoms with Crippen LogP contribution in [0.25, 0.3) is 0 Å². The molecule has 3 fully saturated rings. The van der Waals surface area contributed by atoms with Crippen molar-refractivity contribution in [1.82, 2.24) is 20.0 Å². The predicted octanol–water partition coefficient (Wildman–Crippen LogP) is 2.10. The lowest BCUT2D eigenvalue weighted by Crippen LogP contribution is -2.49. The van der Waals surface area contributed by atoms with Crippen LogP contribution in [0, 0.1) is 5.92 Å². The zero-order valence-electron chi connectivity index (χ0n) is 17.5. The summed E-state index contributed by atoms with van der Waals surface area (Å²) in [7, 11) is 0. The van der Waals surface area contributed by atoms with Crippen LogP contribution in [0.3, 0.4) is 0 Å². The van der Waals surface area contributed by atoms with E-state index in [0.717, 1.165) is 57.8 Å². The lowest BCUT2D eigenvalue weighted by molar-refractivity contribution is -0.0166. The molecular weight excluding hydrogens is 453 g/mol. The van der Waals surface area contributed by atoms with Crippen LogP contribution >= 0.6 is 24.0 Å². The first kappa shape index (κ1) is 23.2. The Kier molecular flexibility index (Phi) is 10.1. The third-order valence-corrected chi connectivity index (χ3v) is 6.13. The van der Waals surface area contributed by atoms with Crippen LogP contribution in [0.5, 0.6) is 0 Å². The lowest BCUT2D eigenvalue weighted by Gasteiger charge is -2.37. The second-order valence-corrected chi connectivity index (χ2v) is 8.31. The number of nitrogens with one attached hydrogen (secondary N) is 1. The van der Waals surface area contributed by atoms with E-state index in [1.54, 1.807) is 0 Å². The maximum atomic E-state index is 5.57. The fourth-order valence-electron chi connectivity index (χ4n) is 4.65. The number of hydrogen-bond donors (Lipinski definition) is 1. The SMILES string of the molecule is CCNC(=NCC(C)N1CCOCC1C)N1CCC(CN2CCCC2)C1.I. The minimum Gasteiger partial charge on any atom is -0.379 e. The molecule has 0 aromatic rings. The van der Waals surface area contributed by atoms with Gasteiger partial charge < -0.3 is 19.9 Å². The van der Waals surface area contributed by atoms with Gasteiger partial charge in [0, 0.05) is 44.8 Å². The first-order valence-electron chi connectivity index (χ1n) is 10.8. The van der Waals surface area contributed by atoms with Crippen molar-refractivity contribution in [2.45, 2.75) is 52.1 Å². The first-order chi connectivity index (χ1) is 12.7. The minimum absolute atomic E-state index is 0. The number of halogens is 1. The summed E-state index contributed by atoms with van der Waals surface area (Å²) in [6, 6.07) is 0.957. The van der Waals surface area contributed by atoms with E-state index in [2.05, 4.69) is 40.8 Å². The summed E-state index contributed by atoms with van der Waals surface area (Å²) in [4.78, 5) is 12.7. The summed E-state index contributed by atoms with van der Waals surface area (Å²) >= 11 is 0. The van der Waals surface area contributed by atoms with Crippen molar-refractivity contribution < 1.29 is 4.74 Å². The number of aliphatic imine (C=N–C) groups is 1. The maximum Gasteiger partial charge on any atom is 0.193 e. The Morgan fingerprint density at radius 2 is 2.00 bits per heavy atom. The van der Waals surface area contributed by atoms with Crippen molar-refractivity contribution in [3.63, 3.8) is 0 Å². The maximum absolute atomic E-state index is 5.57. The monoisotopic (exact) mass is 493 g/mol. The number of ether oxygens (including phenoxy) is 1. The van der Waals surface area contributed by atoms with Gasteiger partial charge in [-0.3, -0.25) is 9.89 Å². The Morgan fingerprint density at radius 3 is 2.70 bits per heavy atom. The van der Waals surface area contributed by atoms with E-state index >= 15 is 0 Å². The summed E-state index contributed by atoms with van der Waals surface area (Å²) in [6.07, 6.45) is 4.08. The van der Waals surface area contributed by atoms with Gasteiger partial charge in [-0.1, -0.05) is 0 Å². The van der Waals surface area contributed by atoms with E-state index < -0.39 is 0 Å². The van der Waals surface area contributed by atoms with Gasteiger partial charge in [0.1, 0.15) is 0 Å². The highest BCUT2D eigenvalue weighted by Gasteiger charge is 2.28. The standard InChI is InChI=1S/C20H39N5O.HI/c1-4-21-20(22-13-17(2)25-11-12-26-16-18(25)3)24-10-7-19(15-24)14-23-8-5-6-9-23;/h17-19H,4-16H2,1-3H3,(H,21,22);1H. The van der Waals surface area contributed by atoms with E-state index in [9.17, 15) is 0 Å². The zero-order valence-corrected chi connectivity index (χ0v) is 19.9. The van der Waals surface area contributed by atoms with Crippen molar-refractivity contribution in [2.75, 3.05) is 65.6 Å². The summed E-state index contributed by atoms with van der Waals surface area (Å²) in [5, 5.41) is 3.53. The molecule has 3 saturated heterocycles. The largest absolute Gasteiger partial charge is 0.379 e. The average Bonchev–Trinajstić information content (AvgIpc) is 3.31. The molecule has 3 aliphatic rings. The molecule has 0 aliphatic carbocycles. The smallest absolute Gasteiger partial charge is 0.193 e. The molecule has 3 heterocycles. The highest BCUT2D eigenvalue weighted by Crippen LogP contribution is 2.20. The van der Waals surface area contributed by atoms with Gasteiger partial charge in [0.25, 0.3) is 0 Å². The van der Waals surface area contributed by atoms with Gasteiger partial charge in [-0.15, -0.1) is 24.0 Å². The summed E-state index contributed by atoms with van der Waals surface area (Å²) in [5.41, 5.74) is 0. The second kappa shape index (κ2) is 11.8. The van der Waals surface area contributed by atoms with Crippen molar-refractivity contribution in [1.29, 1.82) is 0 Å². The highest BCUT2D eigenvalue weighted by atomic mass is 127. The normalized spacial score (nSPS) is 29.0. The van der Waals surface area contributed by atoms with Crippen LogP contribution in [0.15, 0.2) is 4.99 Å². The third-order valence-electron chi connectivity index (χ3n) is 6.13. The van der Waals surface area contributed by atoms with Crippen molar-refractivity contribution in [3.05, 3.63) is 0 Å². The van der Waals surface area contributed by atoms with Gasteiger partial charge >= 0.3 is 0 Å². The number of rotatable bonds is 6. The molecule has 0 bridgehead atoms. The molecule has 6 nitrogen and oxygen atoms in total. The molecule has 7 heteroatoms. The molecule has 3 aliphatic heterocycles. The van der Waals surface area contributed by atoms with Crippen LogP contribution in [-0.2, 0) is 4.74 Å². The molecule has 3 rings (SSSR count). The molecule has 3 atom stereocenters. The van der Waals surface area contributed by atoms with E-state index in [0.29, 0.717) is 12.1 Å². The third kappa shape index (κ3) is 6.72. The van der Waals surface area contributed by atoms with Gasteiger partial charge in [-0.2, -0.15) is 0 Å². The molecule has 3 unspecified atom stereocenters. The number of nitrogens with zero attached hydrogens (tertiary/aromatic N) is 4. The molecule has 0 aromatic heterocycles. The molecule has 0 amide bonds. The molecule has 0 spiro atoms. The lowest BCUT2D eigenvalue weighted by atomic mass is 10.1. The molecular formula is C20H40IN5O. The Balaban J connectivity index is 0.00000261. The van der Waals surface area contributed by atoms with Crippen molar-refractivity contribution in [2.24, 2.45) is 10.9 Å². The Hall–Kier alpha value is -0.120. The van der Waals surface area contributed by atoms with Crippen LogP contribution in [0.4, 0.5) is 0 Å². The first-order valence-corrected chi connectivity index (χ1v) is 10.8. The van der Waals surface area contributed by atoms with Crippen LogP contribution < -0.4 is 5.32 Å². The summed E-state index contributed by atoms with van der Waals surface area (Å²) in [6.45, 7) is 17.4. The van der Waals surface area contributed by atoms with E-state index in [1.165, 1.54) is 38.9 Å². The van der Waals surface area contributed by atoms with Gasteiger partial charge in [0.2, 0.25) is 0 Å². The Bertz CT molecular complexity index is 458. The minimum atomic E-state index is 0. The Labute approximate surface area is 183 Å². The fraction of sp³-hybridized carbons (Fsp3) is 0.950. The number of guanidine groups is 1. The van der Waals surface area contributed by atoms with Gasteiger partial charge in [-0.25, -0.2) is 0 Å². The van der Waals surface area contributed by atoms with Crippen molar-refractivity contribution >= 4 is 29.9 Å². The molecule has 1 N–H and O–H groups in total. The number of hydrogen-bond acceptors (Lipinski definition) is 4. The summed E-state index contributed by atoms with van der Waals surface area (Å²) < 4.78 is 5.57. The van der Waals surface area contributed by atoms with E-state index in [4.69, 9.17) is 9.73 Å². The van der Waals surface area contributed by atoms with Crippen LogP contribution in [0.1, 0.15) is 40.0 Å². The van der Waals surface area contributed by atoms with E-state index in [1.807, 2.05) is 0 Å². The highest BCUT2D eigenvalue weighted by molar-refractivity contribution is 14.0.